The van der Waals surface area contributed by atoms with E-state index in [1.807, 2.05) is 4.90 Å². The molecule has 1 amide bonds. The quantitative estimate of drug-likeness (QED) is 0.869. The molecular weight excluding hydrogens is 278 g/mol. The molecule has 1 unspecified atom stereocenters. The van der Waals surface area contributed by atoms with Crippen LogP contribution in [0.2, 0.25) is 0 Å². The zero-order chi connectivity index (χ0) is 15.4. The molecule has 0 aliphatic carbocycles. The number of nitrogens with one attached hydrogen (secondary N) is 1. The Labute approximate surface area is 132 Å². The van der Waals surface area contributed by atoms with E-state index in [-0.39, 0.29) is 0 Å². The predicted molar refractivity (Wildman–Crippen MR) is 84.2 cm³/mol. The van der Waals surface area contributed by atoms with E-state index in [4.69, 9.17) is 0 Å². The van der Waals surface area contributed by atoms with E-state index in [0.717, 1.165) is 63.5 Å². The van der Waals surface area contributed by atoms with E-state index in [0.29, 0.717) is 11.9 Å². The first-order valence-corrected chi connectivity index (χ1v) is 8.68. The van der Waals surface area contributed by atoms with Gasteiger partial charge in [-0.2, -0.15) is 5.10 Å². The maximum absolute atomic E-state index is 11.7. The lowest BCUT2D eigenvalue weighted by Crippen LogP contribution is -2.41. The molecule has 2 aliphatic heterocycles. The van der Waals surface area contributed by atoms with Gasteiger partial charge in [0.25, 0.3) is 0 Å². The molecule has 2 aliphatic rings. The second-order valence-electron chi connectivity index (χ2n) is 6.44. The molecule has 0 aromatic carbocycles. The van der Waals surface area contributed by atoms with E-state index in [1.54, 1.807) is 0 Å². The Balaban J connectivity index is 1.55. The molecule has 2 saturated heterocycles. The monoisotopic (exact) mass is 305 g/mol. The lowest BCUT2D eigenvalue weighted by molar-refractivity contribution is -0.127. The Kier molecular flexibility index (Phi) is 5.08. The van der Waals surface area contributed by atoms with Gasteiger partial charge in [0.05, 0.1) is 6.54 Å². The fraction of sp³-hybridized carbons (Fsp3) is 0.812. The van der Waals surface area contributed by atoms with Crippen molar-refractivity contribution in [1.29, 1.82) is 0 Å². The zero-order valence-corrected chi connectivity index (χ0v) is 13.6. The topological polar surface area (TPSA) is 65.1 Å². The van der Waals surface area contributed by atoms with Crippen LogP contribution in [0.5, 0.6) is 0 Å². The molecule has 122 valence electrons. The van der Waals surface area contributed by atoms with Crippen molar-refractivity contribution in [3.63, 3.8) is 0 Å². The summed E-state index contributed by atoms with van der Waals surface area (Å²) in [4.78, 5) is 20.8. The van der Waals surface area contributed by atoms with Crippen LogP contribution < -0.4 is 0 Å². The van der Waals surface area contributed by atoms with Crippen molar-refractivity contribution >= 4 is 5.91 Å². The second kappa shape index (κ2) is 7.22. The molecule has 1 atom stereocenters. The third-order valence-corrected chi connectivity index (χ3v) is 4.90. The molecule has 0 spiro atoms. The summed E-state index contributed by atoms with van der Waals surface area (Å²) >= 11 is 0. The SMILES string of the molecule is CCc1n[nH]c(CN2CCCCC2CCN2CCCC2=O)n1. The number of H-pyrrole nitrogens is 1. The average Bonchev–Trinajstić information content (AvgIpc) is 3.15. The van der Waals surface area contributed by atoms with E-state index in [2.05, 4.69) is 27.0 Å². The van der Waals surface area contributed by atoms with Crippen molar-refractivity contribution in [1.82, 2.24) is 25.0 Å². The standard InChI is InChI=1S/C16H27N5O/c1-2-14-17-15(19-18-14)12-21-9-4-3-6-13(21)8-11-20-10-5-7-16(20)22/h13H,2-12H2,1H3,(H,17,18,19). The fourth-order valence-electron chi connectivity index (χ4n) is 3.60. The Morgan fingerprint density at radius 1 is 1.27 bits per heavy atom. The van der Waals surface area contributed by atoms with Crippen LogP contribution in [-0.4, -0.2) is 56.6 Å². The molecule has 6 nitrogen and oxygen atoms in total. The molecule has 3 rings (SSSR count). The van der Waals surface area contributed by atoms with Crippen LogP contribution in [0.3, 0.4) is 0 Å². The zero-order valence-electron chi connectivity index (χ0n) is 13.6. The van der Waals surface area contributed by atoms with Crippen LogP contribution in [0, 0.1) is 0 Å². The van der Waals surface area contributed by atoms with Crippen LogP contribution in [0.4, 0.5) is 0 Å². The van der Waals surface area contributed by atoms with Crippen LogP contribution in [0.25, 0.3) is 0 Å². The van der Waals surface area contributed by atoms with Gasteiger partial charge in [-0.15, -0.1) is 0 Å². The van der Waals surface area contributed by atoms with Crippen molar-refractivity contribution in [3.05, 3.63) is 11.6 Å². The number of piperidine rings is 1. The first kappa shape index (κ1) is 15.5. The molecule has 1 N–H and O–H groups in total. The summed E-state index contributed by atoms with van der Waals surface area (Å²) in [5.41, 5.74) is 0. The molecule has 0 bridgehead atoms. The van der Waals surface area contributed by atoms with E-state index in [9.17, 15) is 4.79 Å². The van der Waals surface area contributed by atoms with E-state index in [1.165, 1.54) is 19.3 Å². The number of rotatable bonds is 6. The number of hydrogen-bond donors (Lipinski definition) is 1. The van der Waals surface area contributed by atoms with Crippen LogP contribution in [0.1, 0.15) is 57.1 Å². The van der Waals surface area contributed by atoms with Gasteiger partial charge in [0.15, 0.2) is 0 Å². The highest BCUT2D eigenvalue weighted by atomic mass is 16.2. The highest BCUT2D eigenvalue weighted by Gasteiger charge is 2.26. The van der Waals surface area contributed by atoms with Crippen LogP contribution in [-0.2, 0) is 17.8 Å². The summed E-state index contributed by atoms with van der Waals surface area (Å²) in [5.74, 6) is 2.21. The van der Waals surface area contributed by atoms with Crippen LogP contribution >= 0.6 is 0 Å². The smallest absolute Gasteiger partial charge is 0.222 e. The van der Waals surface area contributed by atoms with Crippen molar-refractivity contribution < 1.29 is 4.79 Å². The molecule has 22 heavy (non-hydrogen) atoms. The number of aromatic amines is 1. The third-order valence-electron chi connectivity index (χ3n) is 4.90. The van der Waals surface area contributed by atoms with Gasteiger partial charge in [-0.1, -0.05) is 13.3 Å². The number of aryl methyl sites for hydroxylation is 1. The van der Waals surface area contributed by atoms with E-state index < -0.39 is 0 Å². The number of nitrogens with zero attached hydrogens (tertiary/aromatic N) is 4. The second-order valence-corrected chi connectivity index (χ2v) is 6.44. The maximum Gasteiger partial charge on any atom is 0.222 e. The minimum absolute atomic E-state index is 0.338. The molecule has 0 saturated carbocycles. The van der Waals surface area contributed by atoms with Gasteiger partial charge in [-0.3, -0.25) is 14.8 Å². The Hall–Kier alpha value is -1.43. The summed E-state index contributed by atoms with van der Waals surface area (Å²) in [6.45, 7) is 5.92. The normalized spacial score (nSPS) is 23.4. The predicted octanol–water partition coefficient (Wildman–Crippen LogP) is 1.73. The number of aromatic nitrogens is 3. The number of likely N-dealkylation sites (tertiary alicyclic amines) is 2. The van der Waals surface area contributed by atoms with Crippen molar-refractivity contribution in [2.75, 3.05) is 19.6 Å². The number of hydrogen-bond acceptors (Lipinski definition) is 4. The number of carbonyl (C=O) groups is 1. The van der Waals surface area contributed by atoms with E-state index >= 15 is 0 Å². The van der Waals surface area contributed by atoms with Crippen molar-refractivity contribution in [2.45, 2.75) is 64.5 Å². The summed E-state index contributed by atoms with van der Waals surface area (Å²) in [6, 6.07) is 0.567. The van der Waals surface area contributed by atoms with Crippen molar-refractivity contribution in [3.8, 4) is 0 Å². The molecule has 0 radical (unpaired) electrons. The summed E-state index contributed by atoms with van der Waals surface area (Å²) in [7, 11) is 0. The van der Waals surface area contributed by atoms with Gasteiger partial charge in [0.1, 0.15) is 11.6 Å². The van der Waals surface area contributed by atoms with Gasteiger partial charge in [-0.05, 0) is 32.2 Å². The highest BCUT2D eigenvalue weighted by molar-refractivity contribution is 5.77. The lowest BCUT2D eigenvalue weighted by atomic mass is 9.99. The number of amides is 1. The summed E-state index contributed by atoms with van der Waals surface area (Å²) < 4.78 is 0. The largest absolute Gasteiger partial charge is 0.343 e. The molecule has 2 fully saturated rings. The highest BCUT2D eigenvalue weighted by Crippen LogP contribution is 2.22. The molecule has 1 aromatic heterocycles. The van der Waals surface area contributed by atoms with Gasteiger partial charge in [-0.25, -0.2) is 4.98 Å². The van der Waals surface area contributed by atoms with Crippen molar-refractivity contribution in [2.24, 2.45) is 0 Å². The first-order chi connectivity index (χ1) is 10.8. The average molecular weight is 305 g/mol. The molecular formula is C16H27N5O. The maximum atomic E-state index is 11.7. The third kappa shape index (κ3) is 3.66. The Morgan fingerprint density at radius 3 is 2.91 bits per heavy atom. The molecule has 3 heterocycles. The van der Waals surface area contributed by atoms with Gasteiger partial charge in [0.2, 0.25) is 5.91 Å². The first-order valence-electron chi connectivity index (χ1n) is 8.68. The Morgan fingerprint density at radius 2 is 2.18 bits per heavy atom. The van der Waals surface area contributed by atoms with Gasteiger partial charge < -0.3 is 4.90 Å². The lowest BCUT2D eigenvalue weighted by Gasteiger charge is -2.36. The van der Waals surface area contributed by atoms with Crippen LogP contribution in [0.15, 0.2) is 0 Å². The van der Waals surface area contributed by atoms with Gasteiger partial charge >= 0.3 is 0 Å². The minimum atomic E-state index is 0.338. The minimum Gasteiger partial charge on any atom is -0.343 e. The summed E-state index contributed by atoms with van der Waals surface area (Å²) in [6.07, 6.45) is 7.52. The van der Waals surface area contributed by atoms with Gasteiger partial charge in [0, 0.05) is 32.0 Å². The molecule has 6 heteroatoms. The number of carbonyl (C=O) groups excluding carboxylic acids is 1. The fourth-order valence-corrected chi connectivity index (χ4v) is 3.60. The molecule has 1 aromatic rings. The summed E-state index contributed by atoms with van der Waals surface area (Å²) in [5, 5.41) is 7.29. The Bertz CT molecular complexity index is 500.